The Balaban J connectivity index is 1.71. The van der Waals surface area contributed by atoms with E-state index in [0.717, 1.165) is 11.3 Å². The van der Waals surface area contributed by atoms with Gasteiger partial charge in [-0.25, -0.2) is 4.98 Å². The van der Waals surface area contributed by atoms with Crippen molar-refractivity contribution in [3.63, 3.8) is 0 Å². The summed E-state index contributed by atoms with van der Waals surface area (Å²) < 4.78 is 44.8. The molecule has 1 aliphatic rings. The largest absolute Gasteiger partial charge is 0.493 e. The second-order valence-electron chi connectivity index (χ2n) is 5.52. The molecule has 24 heavy (non-hydrogen) atoms. The molecule has 0 atom stereocenters. The molecule has 0 radical (unpaired) electrons. The standard InChI is InChI=1S/C18H17F3N2O/c19-18(20,21)15-7-3-1-5-13(15)9-10-24-17-8-4-2-6-14(17)16-11-22-12-23-16/h2-4,6-8,11-12H,1,5,9-10H2,(H,22,23). The van der Waals surface area contributed by atoms with Crippen LogP contribution >= 0.6 is 0 Å². The summed E-state index contributed by atoms with van der Waals surface area (Å²) in [5.41, 5.74) is 1.52. The molecule has 1 aromatic heterocycles. The van der Waals surface area contributed by atoms with Crippen molar-refractivity contribution in [2.24, 2.45) is 0 Å². The van der Waals surface area contributed by atoms with E-state index in [1.54, 1.807) is 24.7 Å². The quantitative estimate of drug-likeness (QED) is 0.830. The van der Waals surface area contributed by atoms with Crippen LogP contribution in [0.3, 0.4) is 0 Å². The molecule has 3 nitrogen and oxygen atoms in total. The molecule has 0 saturated heterocycles. The van der Waals surface area contributed by atoms with Gasteiger partial charge < -0.3 is 9.72 Å². The Labute approximate surface area is 137 Å². The van der Waals surface area contributed by atoms with E-state index < -0.39 is 11.7 Å². The maximum atomic E-state index is 13.0. The van der Waals surface area contributed by atoms with Crippen LogP contribution in [0.1, 0.15) is 19.3 Å². The van der Waals surface area contributed by atoms with Crippen molar-refractivity contribution in [2.75, 3.05) is 6.61 Å². The Kier molecular flexibility index (Phi) is 4.74. The highest BCUT2D eigenvalue weighted by Crippen LogP contribution is 2.35. The van der Waals surface area contributed by atoms with Crippen molar-refractivity contribution < 1.29 is 17.9 Å². The number of hydrogen-bond donors (Lipinski definition) is 1. The minimum Gasteiger partial charge on any atom is -0.493 e. The van der Waals surface area contributed by atoms with Gasteiger partial charge >= 0.3 is 6.18 Å². The smallest absolute Gasteiger partial charge is 0.416 e. The number of rotatable bonds is 5. The molecule has 0 aliphatic heterocycles. The molecule has 0 saturated carbocycles. The van der Waals surface area contributed by atoms with Crippen LogP contribution in [-0.2, 0) is 0 Å². The molecule has 126 valence electrons. The average molecular weight is 334 g/mol. The number of para-hydroxylation sites is 1. The number of nitrogens with zero attached hydrogens (tertiary/aromatic N) is 1. The van der Waals surface area contributed by atoms with Crippen LogP contribution in [0.4, 0.5) is 13.2 Å². The van der Waals surface area contributed by atoms with Gasteiger partial charge in [0, 0.05) is 12.0 Å². The Hall–Kier alpha value is -2.50. The molecule has 0 unspecified atom stereocenters. The summed E-state index contributed by atoms with van der Waals surface area (Å²) in [6, 6.07) is 7.39. The first kappa shape index (κ1) is 16.4. The second-order valence-corrected chi connectivity index (χ2v) is 5.52. The molecule has 0 fully saturated rings. The molecule has 0 amide bonds. The van der Waals surface area contributed by atoms with Gasteiger partial charge in [0.1, 0.15) is 5.75 Å². The number of halogens is 3. The number of H-pyrrole nitrogens is 1. The summed E-state index contributed by atoms with van der Waals surface area (Å²) in [7, 11) is 0. The van der Waals surface area contributed by atoms with Crippen LogP contribution in [0.5, 0.6) is 5.75 Å². The van der Waals surface area contributed by atoms with E-state index in [0.29, 0.717) is 24.2 Å². The Morgan fingerprint density at radius 2 is 2.04 bits per heavy atom. The molecule has 2 aromatic rings. The number of allylic oxidation sites excluding steroid dienone is 3. The molecule has 1 heterocycles. The van der Waals surface area contributed by atoms with Crippen molar-refractivity contribution in [2.45, 2.75) is 25.4 Å². The molecule has 3 rings (SSSR count). The van der Waals surface area contributed by atoms with E-state index in [1.807, 2.05) is 18.2 Å². The summed E-state index contributed by atoms with van der Waals surface area (Å²) in [5.74, 6) is 0.627. The number of aromatic nitrogens is 2. The van der Waals surface area contributed by atoms with Crippen LogP contribution in [0.15, 0.2) is 60.1 Å². The van der Waals surface area contributed by atoms with Gasteiger partial charge in [-0.15, -0.1) is 0 Å². The number of nitrogens with one attached hydrogen (secondary N) is 1. The molecular formula is C18H17F3N2O. The number of hydrogen-bond acceptors (Lipinski definition) is 2. The maximum absolute atomic E-state index is 13.0. The second kappa shape index (κ2) is 6.95. The third-order valence-corrected chi connectivity index (χ3v) is 3.92. The molecule has 6 heteroatoms. The lowest BCUT2D eigenvalue weighted by Crippen LogP contribution is -2.16. The first-order valence-electron chi connectivity index (χ1n) is 7.72. The van der Waals surface area contributed by atoms with Crippen molar-refractivity contribution >= 4 is 0 Å². The van der Waals surface area contributed by atoms with Gasteiger partial charge in [0.25, 0.3) is 0 Å². The highest BCUT2D eigenvalue weighted by molar-refractivity contribution is 5.66. The van der Waals surface area contributed by atoms with E-state index in [2.05, 4.69) is 9.97 Å². The third kappa shape index (κ3) is 3.69. The fourth-order valence-electron chi connectivity index (χ4n) is 2.77. The van der Waals surface area contributed by atoms with E-state index in [1.165, 1.54) is 6.08 Å². The molecule has 1 N–H and O–H groups in total. The zero-order valence-corrected chi connectivity index (χ0v) is 12.9. The van der Waals surface area contributed by atoms with Crippen molar-refractivity contribution in [1.82, 2.24) is 9.97 Å². The predicted molar refractivity (Wildman–Crippen MR) is 85.6 cm³/mol. The van der Waals surface area contributed by atoms with E-state index >= 15 is 0 Å². The summed E-state index contributed by atoms with van der Waals surface area (Å²) in [5, 5.41) is 0. The Bertz CT molecular complexity index is 746. The van der Waals surface area contributed by atoms with E-state index in [4.69, 9.17) is 4.74 Å². The van der Waals surface area contributed by atoms with Crippen LogP contribution in [0, 0.1) is 0 Å². The zero-order valence-electron chi connectivity index (χ0n) is 12.9. The lowest BCUT2D eigenvalue weighted by molar-refractivity contribution is -0.0895. The van der Waals surface area contributed by atoms with Crippen molar-refractivity contribution in [3.8, 4) is 17.0 Å². The van der Waals surface area contributed by atoms with Crippen LogP contribution in [-0.4, -0.2) is 22.8 Å². The highest BCUT2D eigenvalue weighted by atomic mass is 19.4. The van der Waals surface area contributed by atoms with Crippen LogP contribution in [0.2, 0.25) is 0 Å². The van der Waals surface area contributed by atoms with Gasteiger partial charge in [0.15, 0.2) is 0 Å². The first-order chi connectivity index (χ1) is 11.6. The van der Waals surface area contributed by atoms with E-state index in [9.17, 15) is 13.2 Å². The number of benzene rings is 1. The van der Waals surface area contributed by atoms with Gasteiger partial charge in [-0.2, -0.15) is 13.2 Å². The topological polar surface area (TPSA) is 37.9 Å². The fraction of sp³-hybridized carbons (Fsp3) is 0.278. The normalized spacial score (nSPS) is 15.0. The number of aromatic amines is 1. The van der Waals surface area contributed by atoms with Crippen LogP contribution in [0.25, 0.3) is 11.3 Å². The predicted octanol–water partition coefficient (Wildman–Crippen LogP) is 5.05. The maximum Gasteiger partial charge on any atom is 0.416 e. The van der Waals surface area contributed by atoms with Crippen LogP contribution < -0.4 is 4.74 Å². The number of imidazole rings is 1. The summed E-state index contributed by atoms with van der Waals surface area (Å²) in [6.45, 7) is 0.202. The van der Waals surface area contributed by atoms with Crippen molar-refractivity contribution in [1.29, 1.82) is 0 Å². The van der Waals surface area contributed by atoms with Gasteiger partial charge in [-0.3, -0.25) is 0 Å². The molecule has 0 bridgehead atoms. The summed E-state index contributed by atoms with van der Waals surface area (Å²) in [4.78, 5) is 6.98. The lowest BCUT2D eigenvalue weighted by Gasteiger charge is -2.19. The molecule has 0 spiro atoms. The van der Waals surface area contributed by atoms with Gasteiger partial charge in [-0.1, -0.05) is 29.9 Å². The minimum absolute atomic E-state index is 0.202. The average Bonchev–Trinajstić information content (AvgIpc) is 3.09. The fourth-order valence-corrected chi connectivity index (χ4v) is 2.77. The van der Waals surface area contributed by atoms with Gasteiger partial charge in [-0.05, 0) is 25.0 Å². The summed E-state index contributed by atoms with van der Waals surface area (Å²) >= 11 is 0. The minimum atomic E-state index is -4.31. The Morgan fingerprint density at radius 3 is 2.79 bits per heavy atom. The highest BCUT2D eigenvalue weighted by Gasteiger charge is 2.34. The lowest BCUT2D eigenvalue weighted by atomic mass is 9.95. The third-order valence-electron chi connectivity index (χ3n) is 3.92. The molecule has 1 aliphatic carbocycles. The number of alkyl halides is 3. The zero-order chi connectivity index (χ0) is 17.0. The Morgan fingerprint density at radius 1 is 1.21 bits per heavy atom. The van der Waals surface area contributed by atoms with Gasteiger partial charge in [0.2, 0.25) is 0 Å². The van der Waals surface area contributed by atoms with Gasteiger partial charge in [0.05, 0.1) is 30.4 Å². The van der Waals surface area contributed by atoms with Crippen molar-refractivity contribution in [3.05, 3.63) is 60.1 Å². The summed E-state index contributed by atoms with van der Waals surface area (Å²) in [6.07, 6.45) is 3.02. The molecular weight excluding hydrogens is 317 g/mol. The monoisotopic (exact) mass is 334 g/mol. The van der Waals surface area contributed by atoms with E-state index in [-0.39, 0.29) is 13.0 Å². The first-order valence-corrected chi connectivity index (χ1v) is 7.72. The SMILES string of the molecule is FC(F)(F)C1=C(CCOc2ccccc2-c2cnc[nH]2)CCC=C1. The number of ether oxygens (including phenoxy) is 1. The molecule has 1 aromatic carbocycles.